The molecule has 1 aromatic rings. The number of hydrogen-bond donors (Lipinski definition) is 1. The molecular weight excluding hydrogens is 171 g/mol. The van der Waals surface area contributed by atoms with Gasteiger partial charge >= 0.3 is 0 Å². The summed E-state index contributed by atoms with van der Waals surface area (Å²) in [5.74, 6) is 0.267. The second-order valence-electron chi connectivity index (χ2n) is 2.97. The summed E-state index contributed by atoms with van der Waals surface area (Å²) in [6.45, 7) is 3.18. The fraction of sp³-hybridized carbons (Fsp3) is 0.400. The van der Waals surface area contributed by atoms with E-state index in [9.17, 15) is 4.39 Å². The second kappa shape index (κ2) is 3.75. The Hall–Kier alpha value is -1.09. The van der Waals surface area contributed by atoms with Crippen molar-refractivity contribution in [3.63, 3.8) is 0 Å². The molecular formula is C10H13FO2. The van der Waals surface area contributed by atoms with E-state index in [1.54, 1.807) is 13.8 Å². The summed E-state index contributed by atoms with van der Waals surface area (Å²) >= 11 is 0. The SMILES string of the molecule is COc1c(C)cc(F)c(C)c1CO. The van der Waals surface area contributed by atoms with E-state index < -0.39 is 0 Å². The number of methoxy groups -OCH3 is 1. The molecule has 1 rings (SSSR count). The van der Waals surface area contributed by atoms with Crippen molar-refractivity contribution in [2.24, 2.45) is 0 Å². The molecule has 0 saturated carbocycles. The Bertz CT molecular complexity index is 321. The average molecular weight is 184 g/mol. The Morgan fingerprint density at radius 3 is 2.54 bits per heavy atom. The Kier molecular flexibility index (Phi) is 2.88. The van der Waals surface area contributed by atoms with Gasteiger partial charge in [-0.05, 0) is 31.0 Å². The molecule has 0 unspecified atom stereocenters. The van der Waals surface area contributed by atoms with Crippen molar-refractivity contribution in [3.05, 3.63) is 28.6 Å². The number of benzene rings is 1. The maximum atomic E-state index is 13.2. The van der Waals surface area contributed by atoms with Crippen LogP contribution in [0.4, 0.5) is 4.39 Å². The van der Waals surface area contributed by atoms with Crippen LogP contribution in [-0.4, -0.2) is 12.2 Å². The van der Waals surface area contributed by atoms with Gasteiger partial charge in [0, 0.05) is 5.56 Å². The molecule has 1 N–H and O–H groups in total. The molecule has 0 aromatic heterocycles. The molecule has 3 heteroatoms. The van der Waals surface area contributed by atoms with E-state index >= 15 is 0 Å². The maximum Gasteiger partial charge on any atom is 0.127 e. The van der Waals surface area contributed by atoms with Gasteiger partial charge in [0.1, 0.15) is 11.6 Å². The molecule has 0 spiro atoms. The largest absolute Gasteiger partial charge is 0.496 e. The highest BCUT2D eigenvalue weighted by atomic mass is 19.1. The monoisotopic (exact) mass is 184 g/mol. The van der Waals surface area contributed by atoms with Gasteiger partial charge in [-0.25, -0.2) is 4.39 Å². The summed E-state index contributed by atoms with van der Waals surface area (Å²) in [5, 5.41) is 9.03. The van der Waals surface area contributed by atoms with Crippen molar-refractivity contribution in [2.45, 2.75) is 20.5 Å². The topological polar surface area (TPSA) is 29.5 Å². The number of aryl methyl sites for hydroxylation is 1. The van der Waals surface area contributed by atoms with Crippen molar-refractivity contribution in [2.75, 3.05) is 7.11 Å². The molecule has 0 saturated heterocycles. The van der Waals surface area contributed by atoms with Gasteiger partial charge < -0.3 is 9.84 Å². The smallest absolute Gasteiger partial charge is 0.127 e. The highest BCUT2D eigenvalue weighted by Gasteiger charge is 2.12. The van der Waals surface area contributed by atoms with Crippen LogP contribution in [0.1, 0.15) is 16.7 Å². The van der Waals surface area contributed by atoms with Crippen molar-refractivity contribution in [1.29, 1.82) is 0 Å². The lowest BCUT2D eigenvalue weighted by Gasteiger charge is -2.12. The average Bonchev–Trinajstić information content (AvgIpc) is 2.10. The number of aliphatic hydroxyl groups excluding tert-OH is 1. The van der Waals surface area contributed by atoms with Crippen LogP contribution in [0.5, 0.6) is 5.75 Å². The van der Waals surface area contributed by atoms with Crippen LogP contribution in [-0.2, 0) is 6.61 Å². The van der Waals surface area contributed by atoms with Gasteiger partial charge in [0.15, 0.2) is 0 Å². The third-order valence-electron chi connectivity index (χ3n) is 2.15. The number of aliphatic hydroxyl groups is 1. The zero-order chi connectivity index (χ0) is 10.0. The van der Waals surface area contributed by atoms with Crippen LogP contribution >= 0.6 is 0 Å². The highest BCUT2D eigenvalue weighted by molar-refractivity contribution is 5.45. The van der Waals surface area contributed by atoms with Crippen LogP contribution in [0.15, 0.2) is 6.07 Å². The zero-order valence-electron chi connectivity index (χ0n) is 8.02. The first-order valence-electron chi connectivity index (χ1n) is 4.05. The Balaban J connectivity index is 3.41. The van der Waals surface area contributed by atoms with Gasteiger partial charge in [0.25, 0.3) is 0 Å². The van der Waals surface area contributed by atoms with Gasteiger partial charge in [-0.2, -0.15) is 0 Å². The van der Waals surface area contributed by atoms with Gasteiger partial charge in [0.05, 0.1) is 13.7 Å². The molecule has 0 amide bonds. The first-order valence-corrected chi connectivity index (χ1v) is 4.05. The fourth-order valence-corrected chi connectivity index (χ4v) is 1.39. The van der Waals surface area contributed by atoms with Crippen LogP contribution < -0.4 is 4.74 Å². The Morgan fingerprint density at radius 2 is 2.08 bits per heavy atom. The third kappa shape index (κ3) is 1.65. The standard InChI is InChI=1S/C10H13FO2/c1-6-4-9(11)7(2)8(5-12)10(6)13-3/h4,12H,5H2,1-3H3. The van der Waals surface area contributed by atoms with E-state index in [1.165, 1.54) is 13.2 Å². The Labute approximate surface area is 77.0 Å². The summed E-state index contributed by atoms with van der Waals surface area (Å²) in [7, 11) is 1.51. The van der Waals surface area contributed by atoms with E-state index in [4.69, 9.17) is 9.84 Å². The van der Waals surface area contributed by atoms with E-state index in [-0.39, 0.29) is 12.4 Å². The van der Waals surface area contributed by atoms with Crippen LogP contribution in [0.3, 0.4) is 0 Å². The van der Waals surface area contributed by atoms with Crippen LogP contribution in [0, 0.1) is 19.7 Å². The maximum absolute atomic E-state index is 13.2. The molecule has 0 bridgehead atoms. The molecule has 0 radical (unpaired) electrons. The Morgan fingerprint density at radius 1 is 1.46 bits per heavy atom. The fourth-order valence-electron chi connectivity index (χ4n) is 1.39. The van der Waals surface area contributed by atoms with E-state index in [2.05, 4.69) is 0 Å². The lowest BCUT2D eigenvalue weighted by Crippen LogP contribution is -2.00. The van der Waals surface area contributed by atoms with Crippen molar-refractivity contribution in [1.82, 2.24) is 0 Å². The van der Waals surface area contributed by atoms with Gasteiger partial charge in [-0.15, -0.1) is 0 Å². The molecule has 0 fully saturated rings. The lowest BCUT2D eigenvalue weighted by molar-refractivity contribution is 0.271. The first-order chi connectivity index (χ1) is 6.11. The number of rotatable bonds is 2. The minimum absolute atomic E-state index is 0.201. The van der Waals surface area contributed by atoms with E-state index in [0.717, 1.165) is 0 Å². The minimum Gasteiger partial charge on any atom is -0.496 e. The summed E-state index contributed by atoms with van der Waals surface area (Å²) in [6.07, 6.45) is 0. The lowest BCUT2D eigenvalue weighted by atomic mass is 10.0. The quantitative estimate of drug-likeness (QED) is 0.761. The molecule has 0 heterocycles. The second-order valence-corrected chi connectivity index (χ2v) is 2.97. The first kappa shape index (κ1) is 9.99. The zero-order valence-corrected chi connectivity index (χ0v) is 8.02. The van der Waals surface area contributed by atoms with Gasteiger partial charge in [-0.1, -0.05) is 0 Å². The molecule has 13 heavy (non-hydrogen) atoms. The molecule has 0 aliphatic rings. The van der Waals surface area contributed by atoms with Gasteiger partial charge in [-0.3, -0.25) is 0 Å². The van der Waals surface area contributed by atoms with Crippen LogP contribution in [0.2, 0.25) is 0 Å². The number of ether oxygens (including phenoxy) is 1. The van der Waals surface area contributed by atoms with Crippen molar-refractivity contribution in [3.8, 4) is 5.75 Å². The molecule has 0 atom stereocenters. The normalized spacial score (nSPS) is 10.2. The summed E-state index contributed by atoms with van der Waals surface area (Å²) in [6, 6.07) is 1.41. The summed E-state index contributed by atoms with van der Waals surface area (Å²) in [5.41, 5.74) is 1.68. The predicted molar refractivity (Wildman–Crippen MR) is 48.3 cm³/mol. The molecule has 1 aromatic carbocycles. The molecule has 72 valence electrons. The minimum atomic E-state index is -0.303. The van der Waals surface area contributed by atoms with Crippen LogP contribution in [0.25, 0.3) is 0 Å². The molecule has 0 aliphatic heterocycles. The third-order valence-corrected chi connectivity index (χ3v) is 2.15. The highest BCUT2D eigenvalue weighted by Crippen LogP contribution is 2.28. The molecule has 2 nitrogen and oxygen atoms in total. The number of halogens is 1. The molecule has 0 aliphatic carbocycles. The van der Waals surface area contributed by atoms with Crippen molar-refractivity contribution < 1.29 is 14.2 Å². The van der Waals surface area contributed by atoms with Gasteiger partial charge in [0.2, 0.25) is 0 Å². The van der Waals surface area contributed by atoms with E-state index in [1.807, 2.05) is 0 Å². The summed E-state index contributed by atoms with van der Waals surface area (Å²) in [4.78, 5) is 0. The van der Waals surface area contributed by atoms with Crippen molar-refractivity contribution >= 4 is 0 Å². The number of hydrogen-bond acceptors (Lipinski definition) is 2. The predicted octanol–water partition coefficient (Wildman–Crippen LogP) is 1.94. The summed E-state index contributed by atoms with van der Waals surface area (Å²) < 4.78 is 18.3. The van der Waals surface area contributed by atoms with E-state index in [0.29, 0.717) is 22.4 Å².